The van der Waals surface area contributed by atoms with Crippen LogP contribution in [0, 0.1) is 5.92 Å². The van der Waals surface area contributed by atoms with Crippen molar-refractivity contribution in [1.29, 1.82) is 0 Å². The second-order valence-electron chi connectivity index (χ2n) is 5.80. The van der Waals surface area contributed by atoms with Crippen LogP contribution in [0.25, 0.3) is 10.9 Å². The van der Waals surface area contributed by atoms with Crippen LogP contribution in [-0.2, 0) is 7.05 Å². The molecular formula is C18H19Cl2N3OS. The molecule has 3 aromatic rings. The smallest absolute Gasteiger partial charge is 0.170 e. The first-order valence-electron chi connectivity index (χ1n) is 7.63. The van der Waals surface area contributed by atoms with E-state index < -0.39 is 0 Å². The van der Waals surface area contributed by atoms with Crippen LogP contribution in [0.4, 0.5) is 5.69 Å². The van der Waals surface area contributed by atoms with E-state index in [2.05, 4.69) is 15.4 Å². The van der Waals surface area contributed by atoms with E-state index in [0.717, 1.165) is 34.5 Å². The zero-order chi connectivity index (χ0) is 15.8. The molecule has 1 aromatic carbocycles. The summed E-state index contributed by atoms with van der Waals surface area (Å²) < 4.78 is 4.20. The SMILES string of the molecule is Cl.Cl.Cn1cc(C(=O)C2CSN(c3cccnc3)C2)c2ccccc21. The lowest BCUT2D eigenvalue weighted by molar-refractivity contribution is 0.0942. The fourth-order valence-corrected chi connectivity index (χ4v) is 4.24. The summed E-state index contributed by atoms with van der Waals surface area (Å²) in [6.07, 6.45) is 5.57. The number of carbonyl (C=O) groups is 1. The van der Waals surface area contributed by atoms with Crippen LogP contribution in [0.3, 0.4) is 0 Å². The van der Waals surface area contributed by atoms with E-state index in [1.165, 1.54) is 0 Å². The maximum atomic E-state index is 13.0. The van der Waals surface area contributed by atoms with Gasteiger partial charge in [-0.05, 0) is 30.1 Å². The number of aryl methyl sites for hydroxylation is 1. The normalized spacial score (nSPS) is 16.4. The lowest BCUT2D eigenvalue weighted by Gasteiger charge is -2.15. The number of nitrogens with zero attached hydrogens (tertiary/aromatic N) is 3. The summed E-state index contributed by atoms with van der Waals surface area (Å²) in [6.45, 7) is 0.735. The Morgan fingerprint density at radius 3 is 2.76 bits per heavy atom. The number of benzene rings is 1. The number of hydrogen-bond donors (Lipinski definition) is 0. The quantitative estimate of drug-likeness (QED) is 0.486. The van der Waals surface area contributed by atoms with Gasteiger partial charge >= 0.3 is 0 Å². The topological polar surface area (TPSA) is 38.1 Å². The molecule has 4 rings (SSSR count). The molecule has 1 fully saturated rings. The van der Waals surface area contributed by atoms with Crippen LogP contribution in [0.1, 0.15) is 10.4 Å². The Morgan fingerprint density at radius 1 is 1.20 bits per heavy atom. The molecule has 3 heterocycles. The summed E-state index contributed by atoms with van der Waals surface area (Å²) in [5.41, 5.74) is 3.00. The van der Waals surface area contributed by atoms with E-state index in [9.17, 15) is 4.79 Å². The minimum Gasteiger partial charge on any atom is -0.350 e. The van der Waals surface area contributed by atoms with E-state index in [1.807, 2.05) is 54.3 Å². The monoisotopic (exact) mass is 395 g/mol. The molecule has 25 heavy (non-hydrogen) atoms. The molecule has 0 saturated carbocycles. The molecule has 0 N–H and O–H groups in total. The molecule has 0 aliphatic carbocycles. The van der Waals surface area contributed by atoms with Gasteiger partial charge in [0.25, 0.3) is 0 Å². The second kappa shape index (κ2) is 8.13. The highest BCUT2D eigenvalue weighted by Gasteiger charge is 2.31. The highest BCUT2D eigenvalue weighted by molar-refractivity contribution is 8.00. The molecule has 0 bridgehead atoms. The van der Waals surface area contributed by atoms with Gasteiger partial charge in [0.1, 0.15) is 0 Å². The van der Waals surface area contributed by atoms with Crippen molar-refractivity contribution in [2.75, 3.05) is 16.6 Å². The van der Waals surface area contributed by atoms with E-state index >= 15 is 0 Å². The Bertz CT molecular complexity index is 869. The molecule has 0 spiro atoms. The predicted molar refractivity (Wildman–Crippen MR) is 109 cm³/mol. The van der Waals surface area contributed by atoms with Crippen LogP contribution >= 0.6 is 36.8 Å². The first kappa shape index (κ1) is 19.6. The van der Waals surface area contributed by atoms with Gasteiger partial charge in [-0.25, -0.2) is 0 Å². The average molecular weight is 396 g/mol. The zero-order valence-corrected chi connectivity index (χ0v) is 16.1. The minimum absolute atomic E-state index is 0. The Kier molecular flexibility index (Phi) is 6.38. The zero-order valence-electron chi connectivity index (χ0n) is 13.7. The number of Topliss-reactive ketones (excluding diaryl/α,β-unsaturated/α-hetero) is 1. The number of anilines is 1. The molecule has 1 unspecified atom stereocenters. The molecule has 4 nitrogen and oxygen atoms in total. The van der Waals surface area contributed by atoms with Gasteiger partial charge in [0.15, 0.2) is 5.78 Å². The highest BCUT2D eigenvalue weighted by atomic mass is 35.5. The van der Waals surface area contributed by atoms with Gasteiger partial charge in [-0.2, -0.15) is 0 Å². The van der Waals surface area contributed by atoms with E-state index in [4.69, 9.17) is 0 Å². The summed E-state index contributed by atoms with van der Waals surface area (Å²) in [5.74, 6) is 1.07. The second-order valence-corrected chi connectivity index (χ2v) is 6.83. The first-order chi connectivity index (χ1) is 11.2. The first-order valence-corrected chi connectivity index (χ1v) is 8.57. The van der Waals surface area contributed by atoms with Gasteiger partial charge in [-0.3, -0.25) is 9.78 Å². The van der Waals surface area contributed by atoms with Gasteiger partial charge in [0.2, 0.25) is 0 Å². The summed E-state index contributed by atoms with van der Waals surface area (Å²) in [5, 5.41) is 1.05. The van der Waals surface area contributed by atoms with Gasteiger partial charge in [-0.1, -0.05) is 18.2 Å². The largest absolute Gasteiger partial charge is 0.350 e. The summed E-state index contributed by atoms with van der Waals surface area (Å²) >= 11 is 1.70. The van der Waals surface area contributed by atoms with Gasteiger partial charge < -0.3 is 8.87 Å². The fourth-order valence-electron chi connectivity index (χ4n) is 3.08. The molecule has 7 heteroatoms. The van der Waals surface area contributed by atoms with Crippen molar-refractivity contribution >= 4 is 59.1 Å². The van der Waals surface area contributed by atoms with Crippen molar-refractivity contribution in [2.24, 2.45) is 13.0 Å². The Morgan fingerprint density at radius 2 is 2.00 bits per heavy atom. The third kappa shape index (κ3) is 3.64. The van der Waals surface area contributed by atoms with Crippen LogP contribution in [0.2, 0.25) is 0 Å². The maximum absolute atomic E-state index is 13.0. The molecule has 0 amide bonds. The summed E-state index contributed by atoms with van der Waals surface area (Å²) in [7, 11) is 1.99. The number of rotatable bonds is 3. The maximum Gasteiger partial charge on any atom is 0.170 e. The number of carbonyl (C=O) groups excluding carboxylic acids is 1. The Labute approximate surface area is 163 Å². The number of fused-ring (bicyclic) bond motifs is 1. The standard InChI is InChI=1S/C18H17N3OS.2ClH/c1-20-11-16(15-6-2-3-7-17(15)20)18(22)13-10-21(23-12-13)14-5-4-8-19-9-14;;/h2-9,11,13H,10,12H2,1H3;2*1H. The number of aromatic nitrogens is 2. The van der Waals surface area contributed by atoms with Crippen molar-refractivity contribution in [3.63, 3.8) is 0 Å². The van der Waals surface area contributed by atoms with E-state index in [0.29, 0.717) is 0 Å². The lowest BCUT2D eigenvalue weighted by Crippen LogP contribution is -2.22. The van der Waals surface area contributed by atoms with E-state index in [1.54, 1.807) is 18.1 Å². The minimum atomic E-state index is 0. The molecule has 0 radical (unpaired) electrons. The molecular weight excluding hydrogens is 377 g/mol. The molecule has 1 aliphatic rings. The number of para-hydroxylation sites is 1. The number of pyridine rings is 1. The lowest BCUT2D eigenvalue weighted by atomic mass is 9.98. The van der Waals surface area contributed by atoms with Crippen LogP contribution in [0.15, 0.2) is 55.0 Å². The number of ketones is 1. The Balaban J connectivity index is 0.00000113. The van der Waals surface area contributed by atoms with Gasteiger partial charge in [0, 0.05) is 48.2 Å². The van der Waals surface area contributed by atoms with Crippen molar-refractivity contribution in [2.45, 2.75) is 0 Å². The van der Waals surface area contributed by atoms with Crippen molar-refractivity contribution in [3.05, 3.63) is 60.6 Å². The average Bonchev–Trinajstić information content (AvgIpc) is 3.21. The molecule has 1 aliphatic heterocycles. The van der Waals surface area contributed by atoms with Crippen molar-refractivity contribution in [3.8, 4) is 0 Å². The fraction of sp³-hybridized carbons (Fsp3) is 0.222. The summed E-state index contributed by atoms with van der Waals surface area (Å²) in [4.78, 5) is 17.1. The van der Waals surface area contributed by atoms with Crippen molar-refractivity contribution in [1.82, 2.24) is 9.55 Å². The van der Waals surface area contributed by atoms with Gasteiger partial charge in [-0.15, -0.1) is 24.8 Å². The van der Waals surface area contributed by atoms with Crippen LogP contribution < -0.4 is 4.31 Å². The third-order valence-corrected chi connectivity index (χ3v) is 5.51. The molecule has 132 valence electrons. The predicted octanol–water partition coefficient (Wildman–Crippen LogP) is 4.38. The number of hydrogen-bond acceptors (Lipinski definition) is 4. The van der Waals surface area contributed by atoms with Crippen LogP contribution in [-0.4, -0.2) is 27.6 Å². The third-order valence-electron chi connectivity index (χ3n) is 4.28. The highest BCUT2D eigenvalue weighted by Crippen LogP contribution is 2.33. The Hall–Kier alpha value is -1.69. The molecule has 2 aromatic heterocycles. The summed E-state index contributed by atoms with van der Waals surface area (Å²) in [6, 6.07) is 12.0. The number of halogens is 2. The van der Waals surface area contributed by atoms with Crippen molar-refractivity contribution < 1.29 is 4.79 Å². The molecule has 1 atom stereocenters. The van der Waals surface area contributed by atoms with E-state index in [-0.39, 0.29) is 36.5 Å². The van der Waals surface area contributed by atoms with Gasteiger partial charge in [0.05, 0.1) is 17.8 Å². The van der Waals surface area contributed by atoms with Crippen LogP contribution in [0.5, 0.6) is 0 Å². The molecule has 1 saturated heterocycles.